The fourth-order valence-corrected chi connectivity index (χ4v) is 3.94. The molecule has 0 spiro atoms. The fourth-order valence-electron chi connectivity index (χ4n) is 3.94. The van der Waals surface area contributed by atoms with Crippen LogP contribution >= 0.6 is 0 Å². The van der Waals surface area contributed by atoms with Crippen molar-refractivity contribution in [2.45, 2.75) is 39.0 Å². The van der Waals surface area contributed by atoms with Gasteiger partial charge in [-0.1, -0.05) is 6.92 Å². The minimum absolute atomic E-state index is 0.0760. The number of piperidine rings is 2. The van der Waals surface area contributed by atoms with Crippen molar-refractivity contribution in [1.29, 1.82) is 0 Å². The second-order valence-electron chi connectivity index (χ2n) is 7.58. The van der Waals surface area contributed by atoms with E-state index in [-0.39, 0.29) is 12.5 Å². The Balaban J connectivity index is 1.66. The summed E-state index contributed by atoms with van der Waals surface area (Å²) in [4.78, 5) is 28.6. The number of anilines is 2. The second-order valence-corrected chi connectivity index (χ2v) is 7.58. The lowest BCUT2D eigenvalue weighted by molar-refractivity contribution is -0.130. The van der Waals surface area contributed by atoms with Crippen molar-refractivity contribution in [3.05, 3.63) is 23.8 Å². The third-order valence-corrected chi connectivity index (χ3v) is 5.43. The van der Waals surface area contributed by atoms with Gasteiger partial charge in [-0.25, -0.2) is 0 Å². The van der Waals surface area contributed by atoms with Crippen molar-refractivity contribution in [1.82, 2.24) is 4.90 Å². The molecule has 3 N–H and O–H groups in total. The molecule has 0 aliphatic carbocycles. The van der Waals surface area contributed by atoms with Gasteiger partial charge in [0.05, 0.1) is 12.1 Å². The van der Waals surface area contributed by atoms with E-state index in [2.05, 4.69) is 17.1 Å². The summed E-state index contributed by atoms with van der Waals surface area (Å²) in [6.45, 7) is 6.03. The first-order valence-corrected chi connectivity index (χ1v) is 9.75. The second kappa shape index (κ2) is 8.43. The van der Waals surface area contributed by atoms with E-state index in [1.165, 1.54) is 25.7 Å². The van der Waals surface area contributed by atoms with Gasteiger partial charge in [0.2, 0.25) is 5.91 Å². The number of carbonyl (C=O) groups excluding carboxylic acids is 2. The molecule has 3 rings (SSSR count). The summed E-state index contributed by atoms with van der Waals surface area (Å²) < 4.78 is 0. The normalized spacial score (nSPS) is 20.7. The molecule has 1 aromatic rings. The van der Waals surface area contributed by atoms with Crippen molar-refractivity contribution in [2.75, 3.05) is 42.9 Å². The van der Waals surface area contributed by atoms with Crippen molar-refractivity contribution in [2.24, 2.45) is 11.7 Å². The van der Waals surface area contributed by atoms with Crippen LogP contribution in [0.15, 0.2) is 18.2 Å². The van der Waals surface area contributed by atoms with Crippen LogP contribution in [0.25, 0.3) is 0 Å². The van der Waals surface area contributed by atoms with Gasteiger partial charge < -0.3 is 20.9 Å². The molecule has 6 heteroatoms. The molecule has 2 aliphatic heterocycles. The topological polar surface area (TPSA) is 78.7 Å². The molecule has 2 saturated heterocycles. The average Bonchev–Trinajstić information content (AvgIpc) is 2.66. The highest BCUT2D eigenvalue weighted by Gasteiger charge is 2.21. The number of hydrogen-bond donors (Lipinski definition) is 2. The van der Waals surface area contributed by atoms with Gasteiger partial charge in [-0.3, -0.25) is 9.59 Å². The molecule has 2 amide bonds. The minimum atomic E-state index is -0.467. The Kier molecular flexibility index (Phi) is 6.01. The Morgan fingerprint density at radius 2 is 1.92 bits per heavy atom. The number of amides is 2. The van der Waals surface area contributed by atoms with Crippen LogP contribution in [0.2, 0.25) is 0 Å². The number of primary amides is 1. The number of hydrogen-bond acceptors (Lipinski definition) is 4. The number of carbonyl (C=O) groups is 2. The SMILES string of the molecule is C[C@@H]1CCCN(C(=O)CNc2ccc(N3CCCCC3)cc2C(N)=O)C1. The Morgan fingerprint density at radius 1 is 1.15 bits per heavy atom. The predicted octanol–water partition coefficient (Wildman–Crippen LogP) is 2.45. The van der Waals surface area contributed by atoms with Gasteiger partial charge in [0.15, 0.2) is 0 Å². The summed E-state index contributed by atoms with van der Waals surface area (Å²) in [7, 11) is 0. The number of nitrogens with one attached hydrogen (secondary N) is 1. The van der Waals surface area contributed by atoms with Gasteiger partial charge in [-0.2, -0.15) is 0 Å². The lowest BCUT2D eigenvalue weighted by Gasteiger charge is -2.31. The first-order valence-electron chi connectivity index (χ1n) is 9.75. The van der Waals surface area contributed by atoms with Gasteiger partial charge in [-0.05, 0) is 56.2 Å². The highest BCUT2D eigenvalue weighted by molar-refractivity contribution is 6.00. The molecule has 26 heavy (non-hydrogen) atoms. The van der Waals surface area contributed by atoms with Crippen LogP contribution in [0.3, 0.4) is 0 Å². The van der Waals surface area contributed by atoms with E-state index in [4.69, 9.17) is 5.73 Å². The summed E-state index contributed by atoms with van der Waals surface area (Å²) in [6.07, 6.45) is 5.85. The zero-order valence-electron chi connectivity index (χ0n) is 15.7. The summed E-state index contributed by atoms with van der Waals surface area (Å²) in [5, 5.41) is 3.13. The van der Waals surface area contributed by atoms with E-state index in [1.54, 1.807) is 0 Å². The van der Waals surface area contributed by atoms with E-state index in [0.717, 1.165) is 38.3 Å². The van der Waals surface area contributed by atoms with Crippen LogP contribution in [0.1, 0.15) is 49.4 Å². The molecule has 142 valence electrons. The Morgan fingerprint density at radius 3 is 2.62 bits per heavy atom. The lowest BCUT2D eigenvalue weighted by atomic mass is 10.0. The predicted molar refractivity (Wildman–Crippen MR) is 104 cm³/mol. The fraction of sp³-hybridized carbons (Fsp3) is 0.600. The van der Waals surface area contributed by atoms with Crippen LogP contribution in [0.5, 0.6) is 0 Å². The van der Waals surface area contributed by atoms with Gasteiger partial charge >= 0.3 is 0 Å². The lowest BCUT2D eigenvalue weighted by Crippen LogP contribution is -2.42. The van der Waals surface area contributed by atoms with E-state index in [0.29, 0.717) is 17.2 Å². The van der Waals surface area contributed by atoms with E-state index in [9.17, 15) is 9.59 Å². The van der Waals surface area contributed by atoms with Crippen molar-refractivity contribution >= 4 is 23.2 Å². The summed E-state index contributed by atoms with van der Waals surface area (Å²) >= 11 is 0. The zero-order chi connectivity index (χ0) is 18.5. The van der Waals surface area contributed by atoms with E-state index < -0.39 is 5.91 Å². The van der Waals surface area contributed by atoms with E-state index in [1.807, 2.05) is 23.1 Å². The first-order chi connectivity index (χ1) is 12.5. The van der Waals surface area contributed by atoms with Gasteiger partial charge in [0.1, 0.15) is 0 Å². The maximum absolute atomic E-state index is 12.5. The van der Waals surface area contributed by atoms with Crippen molar-refractivity contribution < 1.29 is 9.59 Å². The van der Waals surface area contributed by atoms with Crippen LogP contribution in [-0.4, -0.2) is 49.4 Å². The van der Waals surface area contributed by atoms with Gasteiger partial charge in [0, 0.05) is 37.6 Å². The van der Waals surface area contributed by atoms with Crippen molar-refractivity contribution in [3.8, 4) is 0 Å². The molecule has 2 fully saturated rings. The first kappa shape index (κ1) is 18.5. The molecule has 0 aromatic heterocycles. The largest absolute Gasteiger partial charge is 0.376 e. The maximum atomic E-state index is 12.5. The molecule has 2 aliphatic rings. The highest BCUT2D eigenvalue weighted by atomic mass is 16.2. The number of nitrogens with zero attached hydrogens (tertiary/aromatic N) is 2. The molecule has 1 aromatic carbocycles. The Hall–Kier alpha value is -2.24. The summed E-state index contributed by atoms with van der Waals surface area (Å²) in [5.74, 6) is 0.162. The van der Waals surface area contributed by atoms with E-state index >= 15 is 0 Å². The van der Waals surface area contributed by atoms with Crippen molar-refractivity contribution in [3.63, 3.8) is 0 Å². The molecule has 0 unspecified atom stereocenters. The molecule has 2 heterocycles. The number of rotatable bonds is 5. The maximum Gasteiger partial charge on any atom is 0.250 e. The van der Waals surface area contributed by atoms with Gasteiger partial charge in [-0.15, -0.1) is 0 Å². The molecule has 1 atom stereocenters. The standard InChI is InChI=1S/C20H30N4O2/c1-15-6-5-11-24(14-15)19(25)13-22-18-8-7-16(12-17(18)20(21)26)23-9-3-2-4-10-23/h7-8,12,15,22H,2-6,9-11,13-14H2,1H3,(H2,21,26)/t15-/m1/s1. The van der Waals surface area contributed by atoms with Crippen LogP contribution in [-0.2, 0) is 4.79 Å². The number of benzene rings is 1. The minimum Gasteiger partial charge on any atom is -0.376 e. The Bertz CT molecular complexity index is 655. The molecule has 0 radical (unpaired) electrons. The Labute approximate surface area is 155 Å². The number of likely N-dealkylation sites (tertiary alicyclic amines) is 1. The summed E-state index contributed by atoms with van der Waals surface area (Å²) in [5.41, 5.74) is 7.70. The van der Waals surface area contributed by atoms with Crippen LogP contribution in [0, 0.1) is 5.92 Å². The molecular formula is C20H30N4O2. The highest BCUT2D eigenvalue weighted by Crippen LogP contribution is 2.26. The average molecular weight is 358 g/mol. The third kappa shape index (κ3) is 4.48. The molecule has 6 nitrogen and oxygen atoms in total. The number of nitrogens with two attached hydrogens (primary N) is 1. The summed E-state index contributed by atoms with van der Waals surface area (Å²) in [6, 6.07) is 5.73. The molecular weight excluding hydrogens is 328 g/mol. The van der Waals surface area contributed by atoms with Gasteiger partial charge in [0.25, 0.3) is 5.91 Å². The quantitative estimate of drug-likeness (QED) is 0.847. The smallest absolute Gasteiger partial charge is 0.250 e. The monoisotopic (exact) mass is 358 g/mol. The van der Waals surface area contributed by atoms with Crippen LogP contribution in [0.4, 0.5) is 11.4 Å². The molecule has 0 bridgehead atoms. The zero-order valence-corrected chi connectivity index (χ0v) is 15.7. The third-order valence-electron chi connectivity index (χ3n) is 5.43. The van der Waals surface area contributed by atoms with Crippen LogP contribution < -0.4 is 16.0 Å². The molecule has 0 saturated carbocycles.